The lowest BCUT2D eigenvalue weighted by atomic mass is 10.3. The molecule has 4 amide bonds. The number of carbonyl (C=O) groups excluding carboxylic acids is 4. The van der Waals surface area contributed by atoms with Crippen molar-refractivity contribution in [1.82, 2.24) is 4.90 Å². The molecule has 0 spiro atoms. The molecule has 3 rings (SSSR count). The molecule has 0 radical (unpaired) electrons. The van der Waals surface area contributed by atoms with E-state index in [1.54, 1.807) is 30.3 Å². The average Bonchev–Trinajstić information content (AvgIpc) is 2.96. The molecule has 1 saturated heterocycles. The number of para-hydroxylation sites is 1. The second-order valence-electron chi connectivity index (χ2n) is 5.98. The Hall–Kier alpha value is -3.99. The Kier molecular flexibility index (Phi) is 6.23. The molecular formula is C19H14N4O6S. The fourth-order valence-corrected chi connectivity index (χ4v) is 3.28. The number of thioether (sulfide) groups is 1. The third kappa shape index (κ3) is 5.08. The van der Waals surface area contributed by atoms with E-state index in [1.807, 2.05) is 0 Å². The van der Waals surface area contributed by atoms with Crippen LogP contribution in [0.4, 0.5) is 21.9 Å². The summed E-state index contributed by atoms with van der Waals surface area (Å²) < 4.78 is 0. The van der Waals surface area contributed by atoms with Gasteiger partial charge in [0.15, 0.2) is 0 Å². The number of carbonyl (C=O) groups is 4. The summed E-state index contributed by atoms with van der Waals surface area (Å²) in [5.41, 5.74) is 0.665. The van der Waals surface area contributed by atoms with Crippen LogP contribution in [0.1, 0.15) is 0 Å². The van der Waals surface area contributed by atoms with Gasteiger partial charge in [0.1, 0.15) is 6.54 Å². The monoisotopic (exact) mass is 426 g/mol. The first kappa shape index (κ1) is 20.7. The van der Waals surface area contributed by atoms with Crippen molar-refractivity contribution in [2.45, 2.75) is 0 Å². The van der Waals surface area contributed by atoms with Gasteiger partial charge in [-0.3, -0.25) is 34.2 Å². The number of hydrogen-bond acceptors (Lipinski definition) is 7. The zero-order valence-corrected chi connectivity index (χ0v) is 16.0. The van der Waals surface area contributed by atoms with Crippen LogP contribution in [0.2, 0.25) is 0 Å². The third-order valence-corrected chi connectivity index (χ3v) is 4.75. The van der Waals surface area contributed by atoms with Crippen LogP contribution < -0.4 is 10.6 Å². The lowest BCUT2D eigenvalue weighted by Gasteiger charge is -2.12. The highest BCUT2D eigenvalue weighted by atomic mass is 32.2. The largest absolute Gasteiger partial charge is 0.325 e. The standard InChI is InChI=1S/C19H14N4O6S/c24-16(20-13-6-8-14(9-7-13)23(28)29)10-15-18(26)22(19(27)30-15)11-17(25)21-12-4-2-1-3-5-12/h1-10H,11H2,(H,20,24)(H,21,25)/b15-10-. The van der Waals surface area contributed by atoms with Crippen LogP contribution in [0.3, 0.4) is 0 Å². The van der Waals surface area contributed by atoms with Crippen molar-refractivity contribution in [2.24, 2.45) is 0 Å². The summed E-state index contributed by atoms with van der Waals surface area (Å²) >= 11 is 0.544. The second-order valence-corrected chi connectivity index (χ2v) is 6.97. The van der Waals surface area contributed by atoms with Gasteiger partial charge in [-0.25, -0.2) is 0 Å². The Morgan fingerprint density at radius 2 is 1.63 bits per heavy atom. The zero-order chi connectivity index (χ0) is 21.7. The van der Waals surface area contributed by atoms with Crippen molar-refractivity contribution in [3.63, 3.8) is 0 Å². The zero-order valence-electron chi connectivity index (χ0n) is 15.2. The fraction of sp³-hybridized carbons (Fsp3) is 0.0526. The molecule has 2 aromatic carbocycles. The van der Waals surface area contributed by atoms with E-state index in [4.69, 9.17) is 0 Å². The van der Waals surface area contributed by atoms with Gasteiger partial charge in [0.25, 0.3) is 16.8 Å². The minimum absolute atomic E-state index is 0.132. The number of nitro groups is 1. The Balaban J connectivity index is 1.61. The van der Waals surface area contributed by atoms with Crippen molar-refractivity contribution in [3.05, 3.63) is 75.7 Å². The van der Waals surface area contributed by atoms with Gasteiger partial charge in [0, 0.05) is 29.6 Å². The summed E-state index contributed by atoms with van der Waals surface area (Å²) in [6.07, 6.45) is 0.946. The van der Waals surface area contributed by atoms with Gasteiger partial charge in [-0.05, 0) is 36.0 Å². The Morgan fingerprint density at radius 3 is 2.27 bits per heavy atom. The first-order chi connectivity index (χ1) is 14.3. The molecule has 0 saturated carbocycles. The Morgan fingerprint density at radius 1 is 1.00 bits per heavy atom. The average molecular weight is 426 g/mol. The Labute approximate surface area is 174 Å². The van der Waals surface area contributed by atoms with E-state index in [9.17, 15) is 29.3 Å². The normalized spacial score (nSPS) is 14.7. The molecule has 1 fully saturated rings. The smallest absolute Gasteiger partial charge is 0.294 e. The maximum Gasteiger partial charge on any atom is 0.294 e. The summed E-state index contributed by atoms with van der Waals surface area (Å²) in [4.78, 5) is 59.4. The molecule has 0 atom stereocenters. The van der Waals surface area contributed by atoms with Crippen molar-refractivity contribution in [2.75, 3.05) is 17.2 Å². The molecule has 1 aliphatic rings. The van der Waals surface area contributed by atoms with E-state index in [0.29, 0.717) is 17.4 Å². The highest BCUT2D eigenvalue weighted by Gasteiger charge is 2.36. The highest BCUT2D eigenvalue weighted by molar-refractivity contribution is 8.18. The van der Waals surface area contributed by atoms with Crippen molar-refractivity contribution in [3.8, 4) is 0 Å². The van der Waals surface area contributed by atoms with Gasteiger partial charge in [0.05, 0.1) is 9.83 Å². The first-order valence-electron chi connectivity index (χ1n) is 8.49. The number of anilines is 2. The van der Waals surface area contributed by atoms with Crippen LogP contribution >= 0.6 is 11.8 Å². The number of nitro benzene ring substituents is 1. The number of rotatable bonds is 6. The lowest BCUT2D eigenvalue weighted by Crippen LogP contribution is -2.36. The number of imide groups is 1. The summed E-state index contributed by atoms with van der Waals surface area (Å²) in [6, 6.07) is 13.7. The number of nitrogens with zero attached hydrogens (tertiary/aromatic N) is 2. The lowest BCUT2D eigenvalue weighted by molar-refractivity contribution is -0.384. The van der Waals surface area contributed by atoms with Crippen LogP contribution in [0, 0.1) is 10.1 Å². The summed E-state index contributed by atoms with van der Waals surface area (Å²) in [6.45, 7) is -0.485. The van der Waals surface area contributed by atoms with Gasteiger partial charge < -0.3 is 10.6 Å². The van der Waals surface area contributed by atoms with E-state index in [0.717, 1.165) is 11.0 Å². The summed E-state index contributed by atoms with van der Waals surface area (Å²) in [5.74, 6) is -2.00. The minimum atomic E-state index is -0.757. The van der Waals surface area contributed by atoms with Gasteiger partial charge in [-0.15, -0.1) is 0 Å². The molecule has 2 aromatic rings. The van der Waals surface area contributed by atoms with E-state index in [-0.39, 0.29) is 16.3 Å². The molecule has 2 N–H and O–H groups in total. The highest BCUT2D eigenvalue weighted by Crippen LogP contribution is 2.30. The minimum Gasteiger partial charge on any atom is -0.325 e. The van der Waals surface area contributed by atoms with Crippen LogP contribution in [-0.2, 0) is 14.4 Å². The van der Waals surface area contributed by atoms with Crippen LogP contribution in [0.5, 0.6) is 0 Å². The van der Waals surface area contributed by atoms with Gasteiger partial charge in [-0.2, -0.15) is 0 Å². The fourth-order valence-electron chi connectivity index (χ4n) is 2.47. The molecule has 0 bridgehead atoms. The SMILES string of the molecule is O=C(/C=C1\SC(=O)N(CC(=O)Nc2ccccc2)C1=O)Nc1ccc([N+](=O)[O-])cc1. The number of amides is 4. The van der Waals surface area contributed by atoms with Crippen molar-refractivity contribution in [1.29, 1.82) is 0 Å². The quantitative estimate of drug-likeness (QED) is 0.411. The van der Waals surface area contributed by atoms with Crippen LogP contribution in [0.15, 0.2) is 65.6 Å². The van der Waals surface area contributed by atoms with E-state index >= 15 is 0 Å². The number of nitrogens with one attached hydrogen (secondary N) is 2. The maximum atomic E-state index is 12.4. The predicted octanol–water partition coefficient (Wildman–Crippen LogP) is 2.75. The van der Waals surface area contributed by atoms with Crippen LogP contribution in [-0.4, -0.2) is 39.3 Å². The van der Waals surface area contributed by atoms with Gasteiger partial charge >= 0.3 is 0 Å². The van der Waals surface area contributed by atoms with Gasteiger partial charge in [-0.1, -0.05) is 18.2 Å². The molecule has 1 aliphatic heterocycles. The van der Waals surface area contributed by atoms with Crippen LogP contribution in [0.25, 0.3) is 0 Å². The molecule has 1 heterocycles. The number of non-ortho nitro benzene ring substituents is 1. The van der Waals surface area contributed by atoms with E-state index in [1.165, 1.54) is 24.3 Å². The molecule has 152 valence electrons. The number of benzene rings is 2. The molecular weight excluding hydrogens is 412 g/mol. The molecule has 10 nitrogen and oxygen atoms in total. The maximum absolute atomic E-state index is 12.4. The van der Waals surface area contributed by atoms with E-state index < -0.39 is 34.4 Å². The van der Waals surface area contributed by atoms with E-state index in [2.05, 4.69) is 10.6 Å². The first-order valence-corrected chi connectivity index (χ1v) is 9.31. The topological polar surface area (TPSA) is 139 Å². The Bertz CT molecular complexity index is 1050. The molecule has 0 unspecified atom stereocenters. The predicted molar refractivity (Wildman–Crippen MR) is 110 cm³/mol. The van der Waals surface area contributed by atoms with Crippen molar-refractivity contribution < 1.29 is 24.1 Å². The van der Waals surface area contributed by atoms with Crippen molar-refractivity contribution >= 4 is 51.8 Å². The number of hydrogen-bond donors (Lipinski definition) is 2. The second kappa shape index (κ2) is 9.01. The molecule has 11 heteroatoms. The molecule has 30 heavy (non-hydrogen) atoms. The summed E-state index contributed by atoms with van der Waals surface area (Å²) in [7, 11) is 0. The molecule has 0 aliphatic carbocycles. The molecule has 0 aromatic heterocycles. The van der Waals surface area contributed by atoms with Gasteiger partial charge in [0.2, 0.25) is 11.8 Å². The third-order valence-electron chi connectivity index (χ3n) is 3.84. The summed E-state index contributed by atoms with van der Waals surface area (Å²) in [5, 5.41) is 15.0.